The first-order valence-corrected chi connectivity index (χ1v) is 9.84. The summed E-state index contributed by atoms with van der Waals surface area (Å²) in [6.07, 6.45) is -4.54. The van der Waals surface area contributed by atoms with Crippen molar-refractivity contribution in [3.63, 3.8) is 0 Å². The minimum Gasteiger partial charge on any atom is -0.497 e. The predicted octanol–water partition coefficient (Wildman–Crippen LogP) is 4.81. The van der Waals surface area contributed by atoms with E-state index in [0.717, 1.165) is 23.8 Å². The van der Waals surface area contributed by atoms with Crippen LogP contribution in [0.1, 0.15) is 22.7 Å². The van der Waals surface area contributed by atoms with Gasteiger partial charge >= 0.3 is 6.18 Å². The Morgan fingerprint density at radius 1 is 1.06 bits per heavy atom. The van der Waals surface area contributed by atoms with Crippen molar-refractivity contribution in [2.75, 3.05) is 12.4 Å². The lowest BCUT2D eigenvalue weighted by atomic mass is 10.0. The number of alkyl halides is 3. The highest BCUT2D eigenvalue weighted by Crippen LogP contribution is 2.34. The Hall–Kier alpha value is -3.03. The van der Waals surface area contributed by atoms with Gasteiger partial charge in [-0.3, -0.25) is 4.79 Å². The van der Waals surface area contributed by atoms with E-state index in [9.17, 15) is 18.0 Å². The molecule has 8 heteroatoms. The molecule has 0 unspecified atom stereocenters. The highest BCUT2D eigenvalue weighted by molar-refractivity contribution is 6.33. The van der Waals surface area contributed by atoms with Crippen LogP contribution in [0.4, 0.5) is 18.9 Å². The molecule has 0 aromatic heterocycles. The highest BCUT2D eigenvalue weighted by atomic mass is 35.5. The second kappa shape index (κ2) is 9.85. The van der Waals surface area contributed by atoms with Crippen molar-refractivity contribution in [2.45, 2.75) is 18.8 Å². The van der Waals surface area contributed by atoms with Crippen LogP contribution in [0.3, 0.4) is 0 Å². The number of methoxy groups -OCH3 is 1. The van der Waals surface area contributed by atoms with Gasteiger partial charge in [0.15, 0.2) is 6.04 Å². The number of carbonyl (C=O) groups is 1. The van der Waals surface area contributed by atoms with Crippen molar-refractivity contribution in [3.8, 4) is 5.75 Å². The first kappa shape index (κ1) is 22.7. The quantitative estimate of drug-likeness (QED) is 0.544. The lowest BCUT2D eigenvalue weighted by molar-refractivity contribution is -0.697. The predicted molar refractivity (Wildman–Crippen MR) is 113 cm³/mol. The molecule has 0 bridgehead atoms. The molecular formula is C23H21ClF3N2O2+. The number of carbonyl (C=O) groups excluding carboxylic acids is 1. The van der Waals surface area contributed by atoms with Gasteiger partial charge in [-0.15, -0.1) is 0 Å². The molecule has 3 rings (SSSR count). The maximum atomic E-state index is 13.1. The van der Waals surface area contributed by atoms with E-state index in [1.54, 1.807) is 36.7 Å². The zero-order chi connectivity index (χ0) is 22.4. The lowest BCUT2D eigenvalue weighted by Gasteiger charge is -2.17. The van der Waals surface area contributed by atoms with E-state index in [1.165, 1.54) is 0 Å². The van der Waals surface area contributed by atoms with Gasteiger partial charge in [-0.25, -0.2) is 0 Å². The van der Waals surface area contributed by atoms with Gasteiger partial charge in [-0.1, -0.05) is 54.1 Å². The van der Waals surface area contributed by atoms with Crippen molar-refractivity contribution in [2.24, 2.45) is 0 Å². The minimum absolute atomic E-state index is 0.0287. The van der Waals surface area contributed by atoms with Gasteiger partial charge < -0.3 is 15.4 Å². The third-order valence-corrected chi connectivity index (χ3v) is 5.05. The summed E-state index contributed by atoms with van der Waals surface area (Å²) in [6, 6.07) is 18.6. The Morgan fingerprint density at radius 2 is 1.81 bits per heavy atom. The van der Waals surface area contributed by atoms with E-state index in [0.29, 0.717) is 17.9 Å². The number of nitrogens with two attached hydrogens (primary N) is 1. The molecule has 0 aliphatic carbocycles. The van der Waals surface area contributed by atoms with Gasteiger partial charge in [0.05, 0.1) is 23.4 Å². The molecular weight excluding hydrogens is 429 g/mol. The van der Waals surface area contributed by atoms with E-state index in [2.05, 4.69) is 5.32 Å². The molecule has 0 radical (unpaired) electrons. The Morgan fingerprint density at radius 3 is 2.48 bits per heavy atom. The summed E-state index contributed by atoms with van der Waals surface area (Å²) in [5, 5.41) is 4.39. The summed E-state index contributed by atoms with van der Waals surface area (Å²) >= 11 is 6.04. The van der Waals surface area contributed by atoms with Crippen molar-refractivity contribution in [3.05, 3.63) is 94.5 Å². The van der Waals surface area contributed by atoms with Crippen LogP contribution in [0.5, 0.6) is 5.75 Å². The van der Waals surface area contributed by atoms with Gasteiger partial charge in [0.1, 0.15) is 12.3 Å². The third kappa shape index (κ3) is 5.99. The monoisotopic (exact) mass is 449 g/mol. The van der Waals surface area contributed by atoms with Crippen LogP contribution < -0.4 is 15.4 Å². The van der Waals surface area contributed by atoms with E-state index in [1.807, 2.05) is 30.3 Å². The van der Waals surface area contributed by atoms with Gasteiger partial charge in [-0.2, -0.15) is 13.2 Å². The molecule has 0 aliphatic rings. The van der Waals surface area contributed by atoms with Crippen molar-refractivity contribution in [1.82, 2.24) is 0 Å². The zero-order valence-corrected chi connectivity index (χ0v) is 17.4. The SMILES string of the molecule is COc1cccc(C[NH2+][C@H](C(=O)Nc2cc(C(F)(F)F)ccc2Cl)c2ccccc2)c1. The van der Waals surface area contributed by atoms with Crippen molar-refractivity contribution >= 4 is 23.2 Å². The summed E-state index contributed by atoms with van der Waals surface area (Å²) in [6.45, 7) is 0.459. The number of halogens is 4. The summed E-state index contributed by atoms with van der Waals surface area (Å²) < 4.78 is 44.4. The van der Waals surface area contributed by atoms with Gasteiger partial charge in [0.25, 0.3) is 5.91 Å². The molecule has 31 heavy (non-hydrogen) atoms. The number of hydrogen-bond acceptors (Lipinski definition) is 2. The van der Waals surface area contributed by atoms with Crippen LogP contribution in [-0.2, 0) is 17.5 Å². The zero-order valence-electron chi connectivity index (χ0n) is 16.6. The first-order chi connectivity index (χ1) is 14.8. The Balaban J connectivity index is 1.83. The van der Waals surface area contributed by atoms with E-state index < -0.39 is 23.7 Å². The topological polar surface area (TPSA) is 54.9 Å². The van der Waals surface area contributed by atoms with Crippen molar-refractivity contribution in [1.29, 1.82) is 0 Å². The molecule has 3 aromatic carbocycles. The molecule has 162 valence electrons. The maximum absolute atomic E-state index is 13.1. The summed E-state index contributed by atoms with van der Waals surface area (Å²) in [5.41, 5.74) is 0.678. The van der Waals surface area contributed by atoms with Crippen LogP contribution in [0.2, 0.25) is 5.02 Å². The first-order valence-electron chi connectivity index (χ1n) is 9.46. The number of ether oxygens (including phenoxy) is 1. The van der Waals surface area contributed by atoms with Crippen LogP contribution in [0.25, 0.3) is 0 Å². The fourth-order valence-electron chi connectivity index (χ4n) is 3.12. The van der Waals surface area contributed by atoms with Crippen molar-refractivity contribution < 1.29 is 28.0 Å². The largest absolute Gasteiger partial charge is 0.497 e. The fraction of sp³-hybridized carbons (Fsp3) is 0.174. The molecule has 4 nitrogen and oxygen atoms in total. The third-order valence-electron chi connectivity index (χ3n) is 4.72. The van der Waals surface area contributed by atoms with E-state index in [-0.39, 0.29) is 10.7 Å². The normalized spacial score (nSPS) is 12.3. The Kier molecular flexibility index (Phi) is 7.20. The molecule has 3 aromatic rings. The molecule has 0 fully saturated rings. The van der Waals surface area contributed by atoms with E-state index in [4.69, 9.17) is 16.3 Å². The summed E-state index contributed by atoms with van der Waals surface area (Å²) in [7, 11) is 1.57. The average Bonchev–Trinajstić information content (AvgIpc) is 2.75. The molecule has 0 saturated heterocycles. The molecule has 0 aliphatic heterocycles. The minimum atomic E-state index is -4.54. The van der Waals surface area contributed by atoms with Crippen LogP contribution in [0.15, 0.2) is 72.8 Å². The number of hydrogen-bond donors (Lipinski definition) is 2. The second-order valence-corrected chi connectivity index (χ2v) is 7.27. The number of benzene rings is 3. The smallest absolute Gasteiger partial charge is 0.416 e. The fourth-order valence-corrected chi connectivity index (χ4v) is 3.28. The summed E-state index contributed by atoms with van der Waals surface area (Å²) in [5.74, 6) is 0.220. The van der Waals surface area contributed by atoms with Crippen LogP contribution in [-0.4, -0.2) is 13.0 Å². The standard InChI is InChI=1S/C23H20ClF3N2O2/c1-31-18-9-5-6-15(12-18)14-28-21(16-7-3-2-4-8-16)22(30)29-20-13-17(23(25,26)27)10-11-19(20)24/h2-13,21,28H,14H2,1H3,(H,29,30)/p+1/t21-/m0/s1. The number of rotatable bonds is 7. The molecule has 3 N–H and O–H groups in total. The number of amides is 1. The molecule has 0 saturated carbocycles. The maximum Gasteiger partial charge on any atom is 0.416 e. The number of quaternary nitrogens is 1. The Bertz CT molecular complexity index is 1040. The highest BCUT2D eigenvalue weighted by Gasteiger charge is 2.32. The number of anilines is 1. The van der Waals surface area contributed by atoms with Gasteiger partial charge in [-0.05, 0) is 30.3 Å². The second-order valence-electron chi connectivity index (χ2n) is 6.86. The summed E-state index contributed by atoms with van der Waals surface area (Å²) in [4.78, 5) is 13.1. The van der Waals surface area contributed by atoms with Crippen LogP contribution >= 0.6 is 11.6 Å². The lowest BCUT2D eigenvalue weighted by Crippen LogP contribution is -2.85. The molecule has 1 amide bonds. The molecule has 0 heterocycles. The van der Waals surface area contributed by atoms with Gasteiger partial charge in [0.2, 0.25) is 0 Å². The van der Waals surface area contributed by atoms with E-state index >= 15 is 0 Å². The van der Waals surface area contributed by atoms with Crippen LogP contribution in [0, 0.1) is 0 Å². The van der Waals surface area contributed by atoms with Gasteiger partial charge in [0, 0.05) is 11.1 Å². The average molecular weight is 450 g/mol. The Labute approximate surface area is 183 Å². The molecule has 1 atom stereocenters. The molecule has 0 spiro atoms. The number of nitrogens with one attached hydrogen (secondary N) is 1.